The number of nitriles is 1. The van der Waals surface area contributed by atoms with Gasteiger partial charge in [-0.15, -0.1) is 0 Å². The average Bonchev–Trinajstić information content (AvgIpc) is 3.14. The molecule has 2 aromatic rings. The van der Waals surface area contributed by atoms with Gasteiger partial charge in [-0.1, -0.05) is 19.8 Å². The van der Waals surface area contributed by atoms with Gasteiger partial charge in [0.1, 0.15) is 17.1 Å². The Kier molecular flexibility index (Phi) is 6.95. The first-order valence-corrected chi connectivity index (χ1v) is 9.89. The first kappa shape index (κ1) is 21.6. The van der Waals surface area contributed by atoms with E-state index in [1.165, 1.54) is 0 Å². The van der Waals surface area contributed by atoms with Crippen molar-refractivity contribution in [3.63, 3.8) is 0 Å². The fraction of sp³-hybridized carbons (Fsp3) is 0.500. The standard InChI is InChI=1S/C20H23F2N5O3/c1-2-3-4-5-15(28)27(11-30-16(29)6-12-9-24-10-12)20-25-18-14(21)7-13(8-23)17(22)19(18)26-20/h7,12,24H,2-6,9-11H2,1H3,(H,25,26). The molecule has 0 atom stereocenters. The number of aromatic nitrogens is 2. The summed E-state index contributed by atoms with van der Waals surface area (Å²) < 4.78 is 33.9. The maximum Gasteiger partial charge on any atom is 0.307 e. The summed E-state index contributed by atoms with van der Waals surface area (Å²) in [4.78, 5) is 32.4. The maximum absolute atomic E-state index is 14.4. The lowest BCUT2D eigenvalue weighted by Crippen LogP contribution is -2.43. The van der Waals surface area contributed by atoms with Crippen LogP contribution in [0, 0.1) is 28.9 Å². The number of unbranched alkanes of at least 4 members (excludes halogenated alkanes) is 2. The molecule has 1 aliphatic rings. The highest BCUT2D eigenvalue weighted by Crippen LogP contribution is 2.26. The van der Waals surface area contributed by atoms with Crippen molar-refractivity contribution in [3.8, 4) is 6.07 Å². The summed E-state index contributed by atoms with van der Waals surface area (Å²) in [5, 5.41) is 12.0. The first-order chi connectivity index (χ1) is 14.4. The highest BCUT2D eigenvalue weighted by molar-refractivity contribution is 5.93. The largest absolute Gasteiger partial charge is 0.444 e. The topological polar surface area (TPSA) is 111 Å². The van der Waals surface area contributed by atoms with E-state index in [0.717, 1.165) is 36.9 Å². The van der Waals surface area contributed by atoms with E-state index in [4.69, 9.17) is 10.00 Å². The summed E-state index contributed by atoms with van der Waals surface area (Å²) >= 11 is 0. The Morgan fingerprint density at radius 3 is 2.77 bits per heavy atom. The molecule has 0 unspecified atom stereocenters. The number of anilines is 1. The van der Waals surface area contributed by atoms with Crippen LogP contribution in [-0.2, 0) is 14.3 Å². The molecule has 1 aromatic heterocycles. The van der Waals surface area contributed by atoms with Crippen LogP contribution in [0.4, 0.5) is 14.7 Å². The molecule has 8 nitrogen and oxygen atoms in total. The fourth-order valence-electron chi connectivity index (χ4n) is 3.13. The minimum Gasteiger partial charge on any atom is -0.444 e. The van der Waals surface area contributed by atoms with Crippen molar-refractivity contribution in [2.75, 3.05) is 24.7 Å². The predicted octanol–water partition coefficient (Wildman–Crippen LogP) is 2.74. The molecule has 1 aliphatic heterocycles. The second kappa shape index (κ2) is 9.63. The van der Waals surface area contributed by atoms with Crippen LogP contribution in [0.3, 0.4) is 0 Å². The van der Waals surface area contributed by atoms with E-state index in [-0.39, 0.29) is 41.6 Å². The second-order valence-electron chi connectivity index (χ2n) is 7.27. The third kappa shape index (κ3) is 4.74. The summed E-state index contributed by atoms with van der Waals surface area (Å²) in [6.45, 7) is 3.05. The molecule has 1 fully saturated rings. The molecule has 10 heteroatoms. The molecule has 2 heterocycles. The quantitative estimate of drug-likeness (QED) is 0.367. The highest BCUT2D eigenvalue weighted by atomic mass is 19.1. The van der Waals surface area contributed by atoms with Crippen molar-refractivity contribution in [1.82, 2.24) is 15.3 Å². The Labute approximate surface area is 172 Å². The molecule has 0 spiro atoms. The van der Waals surface area contributed by atoms with Crippen molar-refractivity contribution >= 4 is 28.9 Å². The molecule has 1 amide bonds. The molecule has 0 radical (unpaired) electrons. The number of hydrogen-bond acceptors (Lipinski definition) is 6. The SMILES string of the molecule is CCCCCC(=O)N(COC(=O)CC1CNC1)c1nc2c(F)cc(C#N)c(F)c2[nH]1. The van der Waals surface area contributed by atoms with Gasteiger partial charge in [-0.2, -0.15) is 5.26 Å². The number of fused-ring (bicyclic) bond motifs is 1. The van der Waals surface area contributed by atoms with Crippen molar-refractivity contribution in [3.05, 3.63) is 23.3 Å². The Balaban J connectivity index is 1.83. The van der Waals surface area contributed by atoms with Crippen LogP contribution in [-0.4, -0.2) is 41.7 Å². The fourth-order valence-corrected chi connectivity index (χ4v) is 3.13. The summed E-state index contributed by atoms with van der Waals surface area (Å²) in [6, 6.07) is 2.33. The van der Waals surface area contributed by atoms with E-state index in [9.17, 15) is 18.4 Å². The highest BCUT2D eigenvalue weighted by Gasteiger charge is 2.25. The summed E-state index contributed by atoms with van der Waals surface area (Å²) in [5.74, 6) is -2.64. The van der Waals surface area contributed by atoms with Crippen LogP contribution in [0.1, 0.15) is 44.6 Å². The normalized spacial score (nSPS) is 13.7. The third-order valence-electron chi connectivity index (χ3n) is 4.99. The Morgan fingerprint density at radius 2 is 2.13 bits per heavy atom. The number of nitrogens with one attached hydrogen (secondary N) is 2. The van der Waals surface area contributed by atoms with E-state index in [0.29, 0.717) is 6.42 Å². The van der Waals surface area contributed by atoms with Crippen LogP contribution < -0.4 is 10.2 Å². The number of esters is 1. The predicted molar refractivity (Wildman–Crippen MR) is 104 cm³/mol. The van der Waals surface area contributed by atoms with E-state index in [2.05, 4.69) is 15.3 Å². The van der Waals surface area contributed by atoms with Gasteiger partial charge < -0.3 is 15.0 Å². The van der Waals surface area contributed by atoms with Gasteiger partial charge in [0.05, 0.1) is 12.0 Å². The molecule has 3 rings (SSSR count). The van der Waals surface area contributed by atoms with Gasteiger partial charge in [0.15, 0.2) is 18.4 Å². The molecule has 1 saturated heterocycles. The van der Waals surface area contributed by atoms with Crippen molar-refractivity contribution < 1.29 is 23.1 Å². The van der Waals surface area contributed by atoms with Crippen molar-refractivity contribution in [2.24, 2.45) is 5.92 Å². The zero-order valence-electron chi connectivity index (χ0n) is 16.6. The van der Waals surface area contributed by atoms with Crippen molar-refractivity contribution in [1.29, 1.82) is 5.26 Å². The zero-order chi connectivity index (χ0) is 21.7. The number of H-pyrrole nitrogens is 1. The summed E-state index contributed by atoms with van der Waals surface area (Å²) in [5.41, 5.74) is -1.13. The lowest BCUT2D eigenvalue weighted by Gasteiger charge is -2.26. The monoisotopic (exact) mass is 419 g/mol. The van der Waals surface area contributed by atoms with Crippen LogP contribution in [0.5, 0.6) is 0 Å². The number of amides is 1. The maximum atomic E-state index is 14.4. The summed E-state index contributed by atoms with van der Waals surface area (Å²) in [7, 11) is 0. The lowest BCUT2D eigenvalue weighted by molar-refractivity contribution is -0.145. The Morgan fingerprint density at radius 1 is 1.37 bits per heavy atom. The number of carbonyl (C=O) groups excluding carboxylic acids is 2. The number of imidazole rings is 1. The molecule has 0 aliphatic carbocycles. The van der Waals surface area contributed by atoms with Gasteiger partial charge in [0.25, 0.3) is 0 Å². The van der Waals surface area contributed by atoms with Gasteiger partial charge in [-0.3, -0.25) is 9.59 Å². The number of aromatic amines is 1. The zero-order valence-corrected chi connectivity index (χ0v) is 16.6. The second-order valence-corrected chi connectivity index (χ2v) is 7.27. The number of hydrogen-bond donors (Lipinski definition) is 2. The molecule has 0 saturated carbocycles. The summed E-state index contributed by atoms with van der Waals surface area (Å²) in [6.07, 6.45) is 2.76. The Bertz CT molecular complexity index is 981. The van der Waals surface area contributed by atoms with Crippen molar-refractivity contribution in [2.45, 2.75) is 39.0 Å². The van der Waals surface area contributed by atoms with Crippen LogP contribution in [0.2, 0.25) is 0 Å². The van der Waals surface area contributed by atoms with Gasteiger partial charge in [-0.05, 0) is 31.5 Å². The molecule has 160 valence electrons. The molecule has 1 aromatic carbocycles. The van der Waals surface area contributed by atoms with E-state index < -0.39 is 29.9 Å². The van der Waals surface area contributed by atoms with Crippen LogP contribution >= 0.6 is 0 Å². The number of carbonyl (C=O) groups is 2. The van der Waals surface area contributed by atoms with Crippen LogP contribution in [0.15, 0.2) is 6.07 Å². The van der Waals surface area contributed by atoms with Gasteiger partial charge >= 0.3 is 5.97 Å². The van der Waals surface area contributed by atoms with E-state index in [1.807, 2.05) is 6.92 Å². The minimum absolute atomic E-state index is 0.141. The molecule has 0 bridgehead atoms. The number of ether oxygens (including phenoxy) is 1. The number of benzene rings is 1. The molecule has 30 heavy (non-hydrogen) atoms. The van der Waals surface area contributed by atoms with Gasteiger partial charge in [-0.25, -0.2) is 18.7 Å². The molecule has 2 N–H and O–H groups in total. The van der Waals surface area contributed by atoms with Crippen LogP contribution in [0.25, 0.3) is 11.0 Å². The third-order valence-corrected chi connectivity index (χ3v) is 4.99. The molecular weight excluding hydrogens is 396 g/mol. The van der Waals surface area contributed by atoms with E-state index >= 15 is 0 Å². The number of halogens is 2. The lowest BCUT2D eigenvalue weighted by atomic mass is 10.00. The van der Waals surface area contributed by atoms with E-state index in [1.54, 1.807) is 6.07 Å². The molecular formula is C20H23F2N5O3. The first-order valence-electron chi connectivity index (χ1n) is 9.89. The average molecular weight is 419 g/mol. The smallest absolute Gasteiger partial charge is 0.307 e. The van der Waals surface area contributed by atoms with Gasteiger partial charge in [0, 0.05) is 6.42 Å². The number of rotatable bonds is 9. The number of nitrogens with zero attached hydrogens (tertiary/aromatic N) is 3. The minimum atomic E-state index is -0.958. The Hall–Kier alpha value is -3.06. The van der Waals surface area contributed by atoms with Gasteiger partial charge in [0.2, 0.25) is 11.9 Å².